The van der Waals surface area contributed by atoms with Crippen LogP contribution in [0.5, 0.6) is 0 Å². The number of benzene rings is 3. The highest BCUT2D eigenvalue weighted by atomic mass is 35.5. The largest absolute Gasteiger partial charge is 0.278 e. The molecule has 130 valence electrons. The Morgan fingerprint density at radius 3 is 2.54 bits per heavy atom. The van der Waals surface area contributed by atoms with Gasteiger partial charge in [-0.2, -0.15) is 0 Å². The van der Waals surface area contributed by atoms with E-state index in [4.69, 9.17) is 11.6 Å². The number of nitrogens with one attached hydrogen (secondary N) is 1. The minimum absolute atomic E-state index is 0.121. The zero-order valence-corrected chi connectivity index (χ0v) is 15.5. The standard InChI is InChI=1S/C20H15ClN2O2S/c1-13-5-2-8-16-15(13)10-11-17(19(16)21)23-26(24,25)18-9-3-6-14-7-4-12-22-20(14)18/h2-12,23H,1H3. The zero-order valence-electron chi connectivity index (χ0n) is 13.9. The number of nitrogens with zero attached hydrogens (tertiary/aromatic N) is 1. The van der Waals surface area contributed by atoms with E-state index >= 15 is 0 Å². The molecule has 0 aliphatic carbocycles. The van der Waals surface area contributed by atoms with E-state index < -0.39 is 10.0 Å². The molecule has 4 aromatic rings. The number of halogens is 1. The van der Waals surface area contributed by atoms with Gasteiger partial charge in [0.05, 0.1) is 16.2 Å². The molecule has 0 saturated heterocycles. The molecule has 4 rings (SSSR count). The van der Waals surface area contributed by atoms with E-state index in [2.05, 4.69) is 9.71 Å². The highest BCUT2D eigenvalue weighted by molar-refractivity contribution is 7.93. The monoisotopic (exact) mass is 382 g/mol. The summed E-state index contributed by atoms with van der Waals surface area (Å²) in [5.41, 5.74) is 1.85. The van der Waals surface area contributed by atoms with Crippen LogP contribution in [0.25, 0.3) is 21.7 Å². The van der Waals surface area contributed by atoms with Crippen molar-refractivity contribution in [2.45, 2.75) is 11.8 Å². The molecular formula is C20H15ClN2O2S. The van der Waals surface area contributed by atoms with Crippen LogP contribution >= 0.6 is 11.6 Å². The fraction of sp³-hybridized carbons (Fsp3) is 0.0500. The molecule has 1 N–H and O–H groups in total. The van der Waals surface area contributed by atoms with Gasteiger partial charge in [0, 0.05) is 17.0 Å². The van der Waals surface area contributed by atoms with Gasteiger partial charge in [-0.3, -0.25) is 9.71 Å². The molecule has 3 aromatic carbocycles. The molecule has 0 bridgehead atoms. The Labute approximate surface area is 156 Å². The van der Waals surface area contributed by atoms with Crippen molar-refractivity contribution in [2.75, 3.05) is 4.72 Å². The fourth-order valence-electron chi connectivity index (χ4n) is 3.05. The van der Waals surface area contributed by atoms with Crippen LogP contribution in [0.15, 0.2) is 71.8 Å². The zero-order chi connectivity index (χ0) is 18.3. The predicted octanol–water partition coefficient (Wildman–Crippen LogP) is 5.15. The molecule has 6 heteroatoms. The summed E-state index contributed by atoms with van der Waals surface area (Å²) in [7, 11) is -3.84. The Bertz CT molecular complexity index is 1250. The first-order chi connectivity index (χ1) is 12.5. The van der Waals surface area contributed by atoms with E-state index in [1.165, 1.54) is 6.07 Å². The molecule has 1 aromatic heterocycles. The summed E-state index contributed by atoms with van der Waals surface area (Å²) in [5, 5.41) is 2.94. The van der Waals surface area contributed by atoms with E-state index in [1.807, 2.05) is 43.3 Å². The lowest BCUT2D eigenvalue weighted by Gasteiger charge is -2.13. The molecular weight excluding hydrogens is 368 g/mol. The van der Waals surface area contributed by atoms with Gasteiger partial charge in [0.25, 0.3) is 10.0 Å². The molecule has 0 aliphatic rings. The van der Waals surface area contributed by atoms with Crippen molar-refractivity contribution in [3.8, 4) is 0 Å². The van der Waals surface area contributed by atoms with Gasteiger partial charge >= 0.3 is 0 Å². The number of para-hydroxylation sites is 1. The third kappa shape index (κ3) is 2.79. The van der Waals surface area contributed by atoms with E-state index in [9.17, 15) is 8.42 Å². The van der Waals surface area contributed by atoms with E-state index in [1.54, 1.807) is 24.4 Å². The minimum atomic E-state index is -3.84. The van der Waals surface area contributed by atoms with E-state index in [0.29, 0.717) is 16.2 Å². The van der Waals surface area contributed by atoms with Crippen molar-refractivity contribution in [1.82, 2.24) is 4.98 Å². The first kappa shape index (κ1) is 16.8. The van der Waals surface area contributed by atoms with Gasteiger partial charge < -0.3 is 0 Å². The molecule has 0 atom stereocenters. The molecule has 0 fully saturated rings. The number of pyridine rings is 1. The average molecular weight is 383 g/mol. The maximum atomic E-state index is 13.0. The van der Waals surface area contributed by atoms with Crippen molar-refractivity contribution in [2.24, 2.45) is 0 Å². The number of aromatic nitrogens is 1. The predicted molar refractivity (Wildman–Crippen MR) is 106 cm³/mol. The van der Waals surface area contributed by atoms with Crippen LogP contribution in [0, 0.1) is 6.92 Å². The average Bonchev–Trinajstić information content (AvgIpc) is 2.64. The van der Waals surface area contributed by atoms with E-state index in [-0.39, 0.29) is 4.90 Å². The van der Waals surface area contributed by atoms with Crippen molar-refractivity contribution in [3.63, 3.8) is 0 Å². The van der Waals surface area contributed by atoms with Gasteiger partial charge in [-0.05, 0) is 36.1 Å². The molecule has 4 nitrogen and oxygen atoms in total. The number of anilines is 1. The van der Waals surface area contributed by atoms with Gasteiger partial charge in [0.2, 0.25) is 0 Å². The van der Waals surface area contributed by atoms with Crippen LogP contribution < -0.4 is 4.72 Å². The second-order valence-corrected chi connectivity index (χ2v) is 8.06. The number of hydrogen-bond acceptors (Lipinski definition) is 3. The van der Waals surface area contributed by atoms with Crippen LogP contribution in [0.2, 0.25) is 5.02 Å². The summed E-state index contributed by atoms with van der Waals surface area (Å²) in [6.07, 6.45) is 1.58. The van der Waals surface area contributed by atoms with Crippen LogP contribution in [0.1, 0.15) is 5.56 Å². The number of hydrogen-bond donors (Lipinski definition) is 1. The number of sulfonamides is 1. The molecule has 1 heterocycles. The molecule has 0 amide bonds. The maximum Gasteiger partial charge on any atom is 0.264 e. The van der Waals surface area contributed by atoms with Gasteiger partial charge in [0.15, 0.2) is 0 Å². The van der Waals surface area contributed by atoms with Gasteiger partial charge in [-0.1, -0.05) is 54.1 Å². The van der Waals surface area contributed by atoms with Crippen molar-refractivity contribution in [3.05, 3.63) is 77.4 Å². The normalized spacial score (nSPS) is 11.8. The summed E-state index contributed by atoms with van der Waals surface area (Å²) in [6.45, 7) is 1.99. The highest BCUT2D eigenvalue weighted by Crippen LogP contribution is 2.34. The SMILES string of the molecule is Cc1cccc2c(Cl)c(NS(=O)(=O)c3cccc4cccnc34)ccc12. The lowest BCUT2D eigenvalue weighted by Crippen LogP contribution is -2.14. The van der Waals surface area contributed by atoms with Crippen LogP contribution in [0.4, 0.5) is 5.69 Å². The third-order valence-electron chi connectivity index (χ3n) is 4.34. The Kier molecular flexibility index (Phi) is 4.05. The van der Waals surface area contributed by atoms with Gasteiger partial charge in [-0.25, -0.2) is 8.42 Å². The lowest BCUT2D eigenvalue weighted by atomic mass is 10.1. The summed E-state index contributed by atoms with van der Waals surface area (Å²) < 4.78 is 28.5. The smallest absolute Gasteiger partial charge is 0.264 e. The molecule has 0 unspecified atom stereocenters. The lowest BCUT2D eigenvalue weighted by molar-refractivity contribution is 0.602. The second kappa shape index (κ2) is 6.27. The van der Waals surface area contributed by atoms with Crippen LogP contribution in [-0.4, -0.2) is 13.4 Å². The van der Waals surface area contributed by atoms with Gasteiger partial charge in [-0.15, -0.1) is 0 Å². The van der Waals surface area contributed by atoms with Crippen LogP contribution in [0.3, 0.4) is 0 Å². The minimum Gasteiger partial charge on any atom is -0.278 e. The van der Waals surface area contributed by atoms with Gasteiger partial charge in [0.1, 0.15) is 4.90 Å². The van der Waals surface area contributed by atoms with E-state index in [0.717, 1.165) is 21.7 Å². The number of fused-ring (bicyclic) bond motifs is 2. The Hall–Kier alpha value is -2.63. The number of aryl methyl sites for hydroxylation is 1. The highest BCUT2D eigenvalue weighted by Gasteiger charge is 2.20. The first-order valence-electron chi connectivity index (χ1n) is 8.02. The molecule has 0 saturated carbocycles. The summed E-state index contributed by atoms with van der Waals surface area (Å²) in [6, 6.07) is 18.0. The van der Waals surface area contributed by atoms with Crippen LogP contribution in [-0.2, 0) is 10.0 Å². The summed E-state index contributed by atoms with van der Waals surface area (Å²) >= 11 is 6.48. The number of rotatable bonds is 3. The van der Waals surface area contributed by atoms with Crippen molar-refractivity contribution in [1.29, 1.82) is 0 Å². The topological polar surface area (TPSA) is 59.1 Å². The maximum absolute atomic E-state index is 13.0. The Morgan fingerprint density at radius 2 is 1.69 bits per heavy atom. The summed E-state index contributed by atoms with van der Waals surface area (Å²) in [5.74, 6) is 0. The quantitative estimate of drug-likeness (QED) is 0.533. The fourth-order valence-corrected chi connectivity index (χ4v) is 4.63. The molecule has 0 spiro atoms. The Balaban J connectivity index is 1.84. The first-order valence-corrected chi connectivity index (χ1v) is 9.88. The Morgan fingerprint density at radius 1 is 0.923 bits per heavy atom. The molecule has 0 aliphatic heterocycles. The summed E-state index contributed by atoms with van der Waals surface area (Å²) in [4.78, 5) is 4.34. The molecule has 0 radical (unpaired) electrons. The third-order valence-corrected chi connectivity index (χ3v) is 6.15. The molecule has 26 heavy (non-hydrogen) atoms. The van der Waals surface area contributed by atoms with Crippen molar-refractivity contribution < 1.29 is 8.42 Å². The second-order valence-electron chi connectivity index (χ2n) is 6.03. The van der Waals surface area contributed by atoms with Crippen molar-refractivity contribution >= 4 is 49.0 Å².